The highest BCUT2D eigenvalue weighted by atomic mass is 16.1. The molecule has 0 radical (unpaired) electrons. The van der Waals surface area contributed by atoms with E-state index in [1.807, 2.05) is 33.8 Å². The van der Waals surface area contributed by atoms with Crippen LogP contribution in [-0.2, 0) is 0 Å². The summed E-state index contributed by atoms with van der Waals surface area (Å²) >= 11 is 0. The van der Waals surface area contributed by atoms with Gasteiger partial charge in [-0.05, 0) is 76.1 Å². The Morgan fingerprint density at radius 3 is 2.38 bits per heavy atom. The first-order chi connectivity index (χ1) is 21.5. The number of benzene rings is 1. The molecule has 5 rings (SSSR count). The van der Waals surface area contributed by atoms with Gasteiger partial charge in [0, 0.05) is 48.5 Å². The van der Waals surface area contributed by atoms with Crippen LogP contribution in [0.5, 0.6) is 0 Å². The lowest BCUT2D eigenvalue weighted by molar-refractivity contribution is 0.0977. The van der Waals surface area contributed by atoms with Crippen molar-refractivity contribution < 1.29 is 4.79 Å². The van der Waals surface area contributed by atoms with Crippen molar-refractivity contribution in [1.29, 1.82) is 5.41 Å². The average Bonchev–Trinajstić information content (AvgIpc) is 3.52. The summed E-state index contributed by atoms with van der Waals surface area (Å²) in [4.78, 5) is 38.5. The second kappa shape index (κ2) is 13.7. The zero-order valence-electron chi connectivity index (χ0n) is 26.9. The van der Waals surface area contributed by atoms with Crippen molar-refractivity contribution in [2.45, 2.75) is 47.0 Å². The summed E-state index contributed by atoms with van der Waals surface area (Å²) in [6.45, 7) is 16.1. The largest absolute Gasteiger partial charge is 0.401 e. The van der Waals surface area contributed by atoms with Crippen LogP contribution in [0.4, 0.5) is 23.3 Å². The number of anilines is 4. The molecule has 0 atom stereocenters. The molecular formula is C32H46N12O. The molecule has 13 nitrogen and oxygen atoms in total. The van der Waals surface area contributed by atoms with E-state index < -0.39 is 5.91 Å². The second-order valence-corrected chi connectivity index (χ2v) is 12.9. The van der Waals surface area contributed by atoms with Crippen LogP contribution in [0.3, 0.4) is 0 Å². The molecule has 2 saturated heterocycles. The molecule has 0 bridgehead atoms. The summed E-state index contributed by atoms with van der Waals surface area (Å²) in [5, 5.41) is 14.1. The molecule has 1 aromatic carbocycles. The monoisotopic (exact) mass is 614 g/mol. The van der Waals surface area contributed by atoms with Crippen molar-refractivity contribution >= 4 is 46.0 Å². The number of carbonyl (C=O) groups excluding carboxylic acids is 1. The number of nitrogens with zero attached hydrogens (tertiary/aromatic N) is 7. The lowest BCUT2D eigenvalue weighted by atomic mass is 9.92. The molecule has 2 aromatic heterocycles. The van der Waals surface area contributed by atoms with Gasteiger partial charge in [0.15, 0.2) is 11.6 Å². The number of fused-ring (bicyclic) bond motifs is 1. The van der Waals surface area contributed by atoms with Gasteiger partial charge >= 0.3 is 0 Å². The molecule has 0 aliphatic carbocycles. The molecule has 1 amide bonds. The Labute approximate surface area is 265 Å². The van der Waals surface area contributed by atoms with Gasteiger partial charge in [0.1, 0.15) is 23.2 Å². The van der Waals surface area contributed by atoms with Gasteiger partial charge in [-0.1, -0.05) is 26.8 Å². The fourth-order valence-electron chi connectivity index (χ4n) is 5.51. The van der Waals surface area contributed by atoms with E-state index in [9.17, 15) is 4.79 Å². The Bertz CT molecular complexity index is 1570. The highest BCUT2D eigenvalue weighted by Crippen LogP contribution is 2.28. The smallest absolute Gasteiger partial charge is 0.256 e. The highest BCUT2D eigenvalue weighted by molar-refractivity contribution is 6.09. The summed E-state index contributed by atoms with van der Waals surface area (Å²) < 4.78 is 0. The number of aryl methyl sites for hydroxylation is 1. The topological polar surface area (TPSA) is 178 Å². The standard InChI is InChI=1S/C32H46N12O/c1-21-8-9-22(30(45)39-25(34)19-24(33)32(2,3)4)18-23(21)38-29-27-26(36-20-37-29)28(35)41-31(40-27)44-16-14-43(15-17-44)13-7-12-42-10-5-6-11-42/h8-9,18-20H,5-7,10-17,33H2,1-4H3,(H2,34,39,45)(H2,35,40,41)(H,36,37,38). The molecule has 0 spiro atoms. The molecule has 2 fully saturated rings. The molecule has 0 saturated carbocycles. The van der Waals surface area contributed by atoms with Gasteiger partial charge in [-0.25, -0.2) is 15.0 Å². The SMILES string of the molecule is Cc1ccc(C(=O)NC(=N)C=C(N)C(C)(C)C)cc1Nc1ncnc2c(N)nc(N3CCN(CCCN4CCCC4)CC3)nc12. The summed E-state index contributed by atoms with van der Waals surface area (Å²) in [6, 6.07) is 5.27. The molecule has 3 aromatic rings. The van der Waals surface area contributed by atoms with Gasteiger partial charge in [-0.3, -0.25) is 15.1 Å². The number of nitrogens with two attached hydrogens (primary N) is 2. The van der Waals surface area contributed by atoms with Crippen molar-refractivity contribution in [2.75, 3.05) is 68.3 Å². The minimum atomic E-state index is -0.419. The van der Waals surface area contributed by atoms with E-state index >= 15 is 0 Å². The third-order valence-electron chi connectivity index (χ3n) is 8.47. The minimum absolute atomic E-state index is 0.0769. The number of carbonyl (C=O) groups is 1. The summed E-state index contributed by atoms with van der Waals surface area (Å²) in [7, 11) is 0. The lowest BCUT2D eigenvalue weighted by Gasteiger charge is -2.35. The van der Waals surface area contributed by atoms with Gasteiger partial charge in [-0.2, -0.15) is 4.98 Å². The number of nitrogen functional groups attached to an aromatic ring is 1. The number of allylic oxidation sites excluding steroid dienone is 1. The molecule has 0 unspecified atom stereocenters. The lowest BCUT2D eigenvalue weighted by Crippen LogP contribution is -2.47. The molecule has 7 N–H and O–H groups in total. The molecule has 13 heteroatoms. The molecule has 2 aliphatic rings. The van der Waals surface area contributed by atoms with Crippen LogP contribution in [0.15, 0.2) is 36.3 Å². The van der Waals surface area contributed by atoms with E-state index in [2.05, 4.69) is 40.3 Å². The van der Waals surface area contributed by atoms with E-state index in [-0.39, 0.29) is 11.3 Å². The number of amidine groups is 1. The van der Waals surface area contributed by atoms with Crippen molar-refractivity contribution in [3.8, 4) is 0 Å². The number of hydrogen-bond acceptors (Lipinski definition) is 12. The first-order valence-electron chi connectivity index (χ1n) is 15.7. The quantitative estimate of drug-likeness (QED) is 0.176. The molecular weight excluding hydrogens is 568 g/mol. The third-order valence-corrected chi connectivity index (χ3v) is 8.47. The Morgan fingerprint density at radius 2 is 1.69 bits per heavy atom. The first kappa shape index (κ1) is 32.0. The predicted molar refractivity (Wildman–Crippen MR) is 180 cm³/mol. The van der Waals surface area contributed by atoms with Crippen molar-refractivity contribution in [3.63, 3.8) is 0 Å². The number of hydrogen-bond donors (Lipinski definition) is 5. The fourth-order valence-corrected chi connectivity index (χ4v) is 5.51. The number of aromatic nitrogens is 4. The fraction of sp³-hybridized carbons (Fsp3) is 0.500. The summed E-state index contributed by atoms with van der Waals surface area (Å²) in [6.07, 6.45) is 6.74. The molecule has 45 heavy (non-hydrogen) atoms. The minimum Gasteiger partial charge on any atom is -0.401 e. The van der Waals surface area contributed by atoms with Crippen molar-refractivity contribution in [1.82, 2.24) is 35.1 Å². The van der Waals surface area contributed by atoms with Gasteiger partial charge < -0.3 is 31.9 Å². The van der Waals surface area contributed by atoms with Crippen LogP contribution >= 0.6 is 0 Å². The normalized spacial score (nSPS) is 16.7. The highest BCUT2D eigenvalue weighted by Gasteiger charge is 2.22. The third kappa shape index (κ3) is 8.03. The number of likely N-dealkylation sites (tertiary alicyclic amines) is 1. The van der Waals surface area contributed by atoms with E-state index in [1.165, 1.54) is 51.3 Å². The summed E-state index contributed by atoms with van der Waals surface area (Å²) in [5.74, 6) is 0.814. The van der Waals surface area contributed by atoms with Crippen LogP contribution in [0.25, 0.3) is 11.0 Å². The van der Waals surface area contributed by atoms with E-state index in [1.54, 1.807) is 12.1 Å². The maximum atomic E-state index is 13.0. The van der Waals surface area contributed by atoms with Crippen LogP contribution < -0.4 is 27.0 Å². The van der Waals surface area contributed by atoms with Crippen LogP contribution in [0.2, 0.25) is 0 Å². The van der Waals surface area contributed by atoms with Crippen LogP contribution in [0, 0.1) is 17.7 Å². The zero-order valence-corrected chi connectivity index (χ0v) is 26.9. The predicted octanol–water partition coefficient (Wildman–Crippen LogP) is 3.26. The van der Waals surface area contributed by atoms with E-state index in [0.717, 1.165) is 38.3 Å². The van der Waals surface area contributed by atoms with Gasteiger partial charge in [0.25, 0.3) is 5.91 Å². The molecule has 4 heterocycles. The van der Waals surface area contributed by atoms with E-state index in [4.69, 9.17) is 21.9 Å². The molecule has 240 valence electrons. The maximum absolute atomic E-state index is 13.0. The van der Waals surface area contributed by atoms with Crippen LogP contribution in [-0.4, -0.2) is 93.8 Å². The number of rotatable bonds is 9. The summed E-state index contributed by atoms with van der Waals surface area (Å²) in [5.41, 5.74) is 15.6. The Balaban J connectivity index is 1.28. The average molecular weight is 615 g/mol. The number of nitrogens with one attached hydrogen (secondary N) is 3. The Kier molecular flexibility index (Phi) is 9.78. The Morgan fingerprint density at radius 1 is 1.00 bits per heavy atom. The first-order valence-corrected chi connectivity index (χ1v) is 15.7. The second-order valence-electron chi connectivity index (χ2n) is 12.9. The molecule has 2 aliphatic heterocycles. The Hall–Kier alpha value is -4.36. The van der Waals surface area contributed by atoms with E-state index in [0.29, 0.717) is 45.6 Å². The zero-order chi connectivity index (χ0) is 32.1. The number of amides is 1. The van der Waals surface area contributed by atoms with Crippen molar-refractivity contribution in [3.05, 3.63) is 47.4 Å². The number of piperazine rings is 1. The maximum Gasteiger partial charge on any atom is 0.256 e. The van der Waals surface area contributed by atoms with Gasteiger partial charge in [-0.15, -0.1) is 0 Å². The van der Waals surface area contributed by atoms with Gasteiger partial charge in [0.2, 0.25) is 5.95 Å². The van der Waals surface area contributed by atoms with Crippen molar-refractivity contribution in [2.24, 2.45) is 11.1 Å². The van der Waals surface area contributed by atoms with Crippen LogP contribution in [0.1, 0.15) is 56.0 Å². The van der Waals surface area contributed by atoms with Gasteiger partial charge in [0.05, 0.1) is 0 Å².